The average molecular weight is 292 g/mol. The second kappa shape index (κ2) is 6.35. The SMILES string of the molecule is CCC(O)(CC)CNC(=O)NC1COc2ccc(C)cc21. The van der Waals surface area contributed by atoms with Gasteiger partial charge in [-0.05, 0) is 25.8 Å². The van der Waals surface area contributed by atoms with Gasteiger partial charge < -0.3 is 20.5 Å². The Morgan fingerprint density at radius 1 is 1.43 bits per heavy atom. The number of carbonyl (C=O) groups excluding carboxylic acids is 1. The van der Waals surface area contributed by atoms with Crippen LogP contribution in [-0.2, 0) is 0 Å². The van der Waals surface area contributed by atoms with Crippen LogP contribution in [0.25, 0.3) is 0 Å². The highest BCUT2D eigenvalue weighted by Gasteiger charge is 2.27. The molecule has 5 heteroatoms. The Morgan fingerprint density at radius 3 is 2.81 bits per heavy atom. The molecule has 1 heterocycles. The van der Waals surface area contributed by atoms with Gasteiger partial charge >= 0.3 is 6.03 Å². The second-order valence-electron chi connectivity index (χ2n) is 5.66. The molecule has 5 nitrogen and oxygen atoms in total. The number of nitrogens with one attached hydrogen (secondary N) is 2. The van der Waals surface area contributed by atoms with Crippen LogP contribution in [0, 0.1) is 6.92 Å². The Balaban J connectivity index is 1.92. The fourth-order valence-corrected chi connectivity index (χ4v) is 2.41. The third-order valence-corrected chi connectivity index (χ3v) is 4.15. The van der Waals surface area contributed by atoms with Gasteiger partial charge in [0.2, 0.25) is 0 Å². The summed E-state index contributed by atoms with van der Waals surface area (Å²) in [5, 5.41) is 15.8. The van der Waals surface area contributed by atoms with Crippen molar-refractivity contribution in [3.63, 3.8) is 0 Å². The maximum atomic E-state index is 12.0. The first-order valence-corrected chi connectivity index (χ1v) is 7.47. The third-order valence-electron chi connectivity index (χ3n) is 4.15. The lowest BCUT2D eigenvalue weighted by atomic mass is 9.98. The van der Waals surface area contributed by atoms with Crippen molar-refractivity contribution in [2.75, 3.05) is 13.2 Å². The Kier molecular flexibility index (Phi) is 4.73. The zero-order chi connectivity index (χ0) is 15.5. The predicted octanol–water partition coefficient (Wildman–Crippen LogP) is 2.28. The quantitative estimate of drug-likeness (QED) is 0.779. The molecular formula is C16H24N2O3. The molecule has 0 radical (unpaired) electrons. The van der Waals surface area contributed by atoms with Gasteiger partial charge in [0, 0.05) is 12.1 Å². The first-order chi connectivity index (χ1) is 9.97. The van der Waals surface area contributed by atoms with E-state index in [2.05, 4.69) is 10.6 Å². The summed E-state index contributed by atoms with van der Waals surface area (Å²) in [5.41, 5.74) is 1.31. The molecule has 0 saturated carbocycles. The highest BCUT2D eigenvalue weighted by atomic mass is 16.5. The van der Waals surface area contributed by atoms with Crippen LogP contribution >= 0.6 is 0 Å². The summed E-state index contributed by atoms with van der Waals surface area (Å²) in [7, 11) is 0. The first kappa shape index (κ1) is 15.6. The molecule has 21 heavy (non-hydrogen) atoms. The van der Waals surface area contributed by atoms with Crippen molar-refractivity contribution in [3.05, 3.63) is 29.3 Å². The van der Waals surface area contributed by atoms with E-state index in [1.54, 1.807) is 0 Å². The molecule has 0 fully saturated rings. The predicted molar refractivity (Wildman–Crippen MR) is 81.5 cm³/mol. The zero-order valence-electron chi connectivity index (χ0n) is 12.9. The number of rotatable bonds is 5. The van der Waals surface area contributed by atoms with Crippen molar-refractivity contribution >= 4 is 6.03 Å². The number of amides is 2. The average Bonchev–Trinajstić information content (AvgIpc) is 2.87. The summed E-state index contributed by atoms with van der Waals surface area (Å²) in [6, 6.07) is 5.53. The molecule has 2 rings (SSSR count). The van der Waals surface area contributed by atoms with Gasteiger partial charge in [0.1, 0.15) is 12.4 Å². The smallest absolute Gasteiger partial charge is 0.315 e. The minimum absolute atomic E-state index is 0.142. The molecule has 0 bridgehead atoms. The molecule has 116 valence electrons. The monoisotopic (exact) mass is 292 g/mol. The molecule has 1 aliphatic heterocycles. The molecule has 0 aliphatic carbocycles. The summed E-state index contributed by atoms with van der Waals surface area (Å²) in [5.74, 6) is 0.824. The first-order valence-electron chi connectivity index (χ1n) is 7.47. The van der Waals surface area contributed by atoms with Crippen LogP contribution in [0.15, 0.2) is 18.2 Å². The molecule has 0 aromatic heterocycles. The summed E-state index contributed by atoms with van der Waals surface area (Å²) in [6.45, 7) is 6.52. The number of benzene rings is 1. The lowest BCUT2D eigenvalue weighted by molar-refractivity contribution is 0.0348. The van der Waals surface area contributed by atoms with Crippen molar-refractivity contribution in [3.8, 4) is 5.75 Å². The molecule has 0 saturated heterocycles. The molecule has 2 amide bonds. The molecule has 1 aromatic carbocycles. The largest absolute Gasteiger partial charge is 0.491 e. The Bertz CT molecular complexity index is 512. The normalized spacial score (nSPS) is 17.0. The lowest BCUT2D eigenvalue weighted by Crippen LogP contribution is -2.46. The van der Waals surface area contributed by atoms with Gasteiger partial charge in [-0.1, -0.05) is 31.5 Å². The number of ether oxygens (including phenoxy) is 1. The number of aliphatic hydroxyl groups is 1. The minimum Gasteiger partial charge on any atom is -0.491 e. The Hall–Kier alpha value is -1.75. The van der Waals surface area contributed by atoms with E-state index in [-0.39, 0.29) is 18.6 Å². The number of urea groups is 1. The van der Waals surface area contributed by atoms with Gasteiger partial charge in [0.05, 0.1) is 11.6 Å². The van der Waals surface area contributed by atoms with Crippen LogP contribution in [0.2, 0.25) is 0 Å². The van der Waals surface area contributed by atoms with Gasteiger partial charge in [-0.3, -0.25) is 0 Å². The molecule has 0 spiro atoms. The molecule has 3 N–H and O–H groups in total. The number of aryl methyl sites for hydroxylation is 1. The van der Waals surface area contributed by atoms with Crippen molar-refractivity contribution in [1.29, 1.82) is 0 Å². The number of fused-ring (bicyclic) bond motifs is 1. The maximum absolute atomic E-state index is 12.0. The molecule has 1 unspecified atom stereocenters. The topological polar surface area (TPSA) is 70.6 Å². The van der Waals surface area contributed by atoms with Crippen LogP contribution in [0.5, 0.6) is 5.75 Å². The highest BCUT2D eigenvalue weighted by molar-refractivity contribution is 5.75. The van der Waals surface area contributed by atoms with Gasteiger partial charge in [-0.15, -0.1) is 0 Å². The Morgan fingerprint density at radius 2 is 2.14 bits per heavy atom. The maximum Gasteiger partial charge on any atom is 0.315 e. The number of hydrogen-bond acceptors (Lipinski definition) is 3. The van der Waals surface area contributed by atoms with Crippen LogP contribution in [0.3, 0.4) is 0 Å². The van der Waals surface area contributed by atoms with Crippen molar-refractivity contribution in [2.45, 2.75) is 45.3 Å². The number of hydrogen-bond donors (Lipinski definition) is 3. The second-order valence-corrected chi connectivity index (χ2v) is 5.66. The van der Waals surface area contributed by atoms with Gasteiger partial charge in [0.25, 0.3) is 0 Å². The van der Waals surface area contributed by atoms with E-state index in [1.165, 1.54) is 0 Å². The minimum atomic E-state index is -0.835. The van der Waals surface area contributed by atoms with E-state index < -0.39 is 5.60 Å². The van der Waals surface area contributed by atoms with Crippen LogP contribution in [-0.4, -0.2) is 29.9 Å². The van der Waals surface area contributed by atoms with Crippen LogP contribution in [0.4, 0.5) is 4.79 Å². The number of carbonyl (C=O) groups is 1. The van der Waals surface area contributed by atoms with Gasteiger partial charge in [-0.2, -0.15) is 0 Å². The standard InChI is InChI=1S/C16H24N2O3/c1-4-16(20,5-2)10-17-15(19)18-13-9-21-14-7-6-11(3)8-12(13)14/h6-8,13,20H,4-5,9-10H2,1-3H3,(H2,17,18,19). The summed E-state index contributed by atoms with van der Waals surface area (Å²) in [4.78, 5) is 12.0. The zero-order valence-corrected chi connectivity index (χ0v) is 12.9. The molecular weight excluding hydrogens is 268 g/mol. The molecule has 1 atom stereocenters. The van der Waals surface area contributed by atoms with E-state index in [4.69, 9.17) is 4.74 Å². The van der Waals surface area contributed by atoms with E-state index in [0.717, 1.165) is 16.9 Å². The lowest BCUT2D eigenvalue weighted by Gasteiger charge is -2.25. The molecule has 1 aromatic rings. The molecule has 1 aliphatic rings. The van der Waals surface area contributed by atoms with Crippen LogP contribution < -0.4 is 15.4 Å². The van der Waals surface area contributed by atoms with Crippen molar-refractivity contribution in [2.24, 2.45) is 0 Å². The fraction of sp³-hybridized carbons (Fsp3) is 0.562. The fourth-order valence-electron chi connectivity index (χ4n) is 2.41. The van der Waals surface area contributed by atoms with E-state index in [1.807, 2.05) is 39.0 Å². The van der Waals surface area contributed by atoms with E-state index in [9.17, 15) is 9.90 Å². The van der Waals surface area contributed by atoms with E-state index >= 15 is 0 Å². The Labute approximate surface area is 125 Å². The highest BCUT2D eigenvalue weighted by Crippen LogP contribution is 2.32. The third kappa shape index (κ3) is 3.67. The van der Waals surface area contributed by atoms with E-state index in [0.29, 0.717) is 19.4 Å². The van der Waals surface area contributed by atoms with Gasteiger partial charge in [0.15, 0.2) is 0 Å². The van der Waals surface area contributed by atoms with Gasteiger partial charge in [-0.25, -0.2) is 4.79 Å². The van der Waals surface area contributed by atoms with Crippen molar-refractivity contribution in [1.82, 2.24) is 10.6 Å². The summed E-state index contributed by atoms with van der Waals surface area (Å²) in [6.07, 6.45) is 1.22. The van der Waals surface area contributed by atoms with Crippen LogP contribution in [0.1, 0.15) is 43.9 Å². The van der Waals surface area contributed by atoms with Crippen molar-refractivity contribution < 1.29 is 14.6 Å². The summed E-state index contributed by atoms with van der Waals surface area (Å²) >= 11 is 0. The summed E-state index contributed by atoms with van der Waals surface area (Å²) < 4.78 is 5.56.